The van der Waals surface area contributed by atoms with E-state index in [1.165, 1.54) is 37.0 Å². The van der Waals surface area contributed by atoms with Crippen molar-refractivity contribution in [2.45, 2.75) is 65.6 Å². The second kappa shape index (κ2) is 9.13. The van der Waals surface area contributed by atoms with Crippen LogP contribution in [0.25, 0.3) is 0 Å². The van der Waals surface area contributed by atoms with Crippen LogP contribution in [-0.4, -0.2) is 20.7 Å². The van der Waals surface area contributed by atoms with Gasteiger partial charge in [0.05, 0.1) is 8.07 Å². The van der Waals surface area contributed by atoms with E-state index in [1.807, 2.05) is 6.92 Å². The summed E-state index contributed by atoms with van der Waals surface area (Å²) in [6.45, 7) is 14.9. The first kappa shape index (κ1) is 18.2. The van der Waals surface area contributed by atoms with Gasteiger partial charge < -0.3 is 4.74 Å². The Morgan fingerprint density at radius 1 is 1.21 bits per heavy atom. The Kier molecular flexibility index (Phi) is 8.73. The van der Waals surface area contributed by atoms with Crippen LogP contribution in [0.3, 0.4) is 0 Å². The van der Waals surface area contributed by atoms with Crippen LogP contribution in [0.15, 0.2) is 23.4 Å². The second-order valence-corrected chi connectivity index (χ2v) is 10.5. The van der Waals surface area contributed by atoms with Crippen LogP contribution in [0.4, 0.5) is 0 Å². The molecule has 0 saturated heterocycles. The molecule has 0 aromatic rings. The Morgan fingerprint density at radius 2 is 1.74 bits per heavy atom. The molecule has 0 rings (SSSR count). The molecular weight excluding hydrogens is 252 g/mol. The fourth-order valence-electron chi connectivity index (χ4n) is 2.51. The Morgan fingerprint density at radius 3 is 2.11 bits per heavy atom. The average Bonchev–Trinajstić information content (AvgIpc) is 2.28. The summed E-state index contributed by atoms with van der Waals surface area (Å²) < 4.78 is 5.27. The highest BCUT2D eigenvalue weighted by molar-refractivity contribution is 6.85. The molecule has 0 bridgehead atoms. The highest BCUT2D eigenvalue weighted by atomic mass is 28.3. The number of carbonyl (C=O) groups excluding carboxylic acids is 1. The van der Waals surface area contributed by atoms with E-state index in [4.69, 9.17) is 4.74 Å². The number of hydrogen-bond acceptors (Lipinski definition) is 2. The Bertz CT molecular complexity index is 326. The first-order valence-electron chi connectivity index (χ1n) is 7.33. The minimum atomic E-state index is -1.47. The van der Waals surface area contributed by atoms with Gasteiger partial charge in [0.25, 0.3) is 0 Å². The van der Waals surface area contributed by atoms with Crippen molar-refractivity contribution in [3.05, 3.63) is 23.4 Å². The summed E-state index contributed by atoms with van der Waals surface area (Å²) in [4.78, 5) is 11.1. The summed E-state index contributed by atoms with van der Waals surface area (Å²) in [5, 5.41) is 1.38. The fourth-order valence-corrected chi connectivity index (χ4v) is 6.62. The summed E-state index contributed by atoms with van der Waals surface area (Å²) >= 11 is 0. The van der Waals surface area contributed by atoms with Crippen LogP contribution in [0, 0.1) is 0 Å². The van der Waals surface area contributed by atoms with Crippen molar-refractivity contribution < 1.29 is 9.53 Å². The van der Waals surface area contributed by atoms with Gasteiger partial charge in [-0.2, -0.15) is 0 Å². The molecule has 2 nitrogen and oxygen atoms in total. The highest BCUT2D eigenvalue weighted by Gasteiger charge is 2.30. The Labute approximate surface area is 119 Å². The molecule has 0 unspecified atom stereocenters. The Balaban J connectivity index is 5.07. The molecule has 0 atom stereocenters. The van der Waals surface area contributed by atoms with E-state index in [0.717, 1.165) is 12.0 Å². The van der Waals surface area contributed by atoms with E-state index >= 15 is 0 Å². The number of ether oxygens (including phenoxy) is 1. The standard InChI is InChI=1S/C16H30O2Si/c1-7-11-19(6,12-8-2)16(10-9-14(3)4)13-18-15(5)17/h10H,3,7-9,11-13H2,1-2,4-6H3/b16-10-. The minimum Gasteiger partial charge on any atom is -0.462 e. The molecule has 0 amide bonds. The molecule has 0 radical (unpaired) electrons. The predicted molar refractivity (Wildman–Crippen MR) is 86.0 cm³/mol. The predicted octanol–water partition coefficient (Wildman–Crippen LogP) is 4.88. The Hall–Kier alpha value is -0.833. The zero-order valence-electron chi connectivity index (χ0n) is 13.3. The van der Waals surface area contributed by atoms with E-state index in [2.05, 4.69) is 33.0 Å². The van der Waals surface area contributed by atoms with Gasteiger partial charge in [-0.25, -0.2) is 0 Å². The van der Waals surface area contributed by atoms with Gasteiger partial charge in [-0.05, 0) is 18.5 Å². The largest absolute Gasteiger partial charge is 0.462 e. The van der Waals surface area contributed by atoms with Crippen molar-refractivity contribution in [2.75, 3.05) is 6.61 Å². The average molecular weight is 282 g/mol. The third kappa shape index (κ3) is 7.36. The maximum absolute atomic E-state index is 11.1. The maximum Gasteiger partial charge on any atom is 0.302 e. The first-order chi connectivity index (χ1) is 8.85. The zero-order chi connectivity index (χ0) is 14.9. The van der Waals surface area contributed by atoms with Crippen molar-refractivity contribution >= 4 is 14.0 Å². The van der Waals surface area contributed by atoms with Crippen molar-refractivity contribution in [1.82, 2.24) is 0 Å². The van der Waals surface area contributed by atoms with Gasteiger partial charge in [-0.15, -0.1) is 0 Å². The van der Waals surface area contributed by atoms with Gasteiger partial charge in [0, 0.05) is 6.92 Å². The highest BCUT2D eigenvalue weighted by Crippen LogP contribution is 2.28. The van der Waals surface area contributed by atoms with E-state index in [9.17, 15) is 4.79 Å². The van der Waals surface area contributed by atoms with E-state index in [-0.39, 0.29) is 5.97 Å². The van der Waals surface area contributed by atoms with Gasteiger partial charge >= 0.3 is 5.97 Å². The molecular formula is C16H30O2Si. The molecule has 0 aromatic heterocycles. The molecule has 0 aliphatic carbocycles. The third-order valence-electron chi connectivity index (χ3n) is 3.51. The number of esters is 1. The number of hydrogen-bond donors (Lipinski definition) is 0. The molecule has 19 heavy (non-hydrogen) atoms. The molecule has 0 fully saturated rings. The maximum atomic E-state index is 11.1. The lowest BCUT2D eigenvalue weighted by atomic mass is 10.2. The first-order valence-corrected chi connectivity index (χ1v) is 10.2. The van der Waals surface area contributed by atoms with Gasteiger partial charge in [-0.3, -0.25) is 4.79 Å². The quantitative estimate of drug-likeness (QED) is 0.342. The van der Waals surface area contributed by atoms with Crippen molar-refractivity contribution in [1.29, 1.82) is 0 Å². The molecule has 3 heteroatoms. The SMILES string of the molecule is C=C(C)C/C=C(/COC(C)=O)[Si](C)(CCC)CCC. The lowest BCUT2D eigenvalue weighted by Crippen LogP contribution is -2.35. The molecule has 0 aromatic carbocycles. The second-order valence-electron chi connectivity index (χ2n) is 5.73. The monoisotopic (exact) mass is 282 g/mol. The van der Waals surface area contributed by atoms with Crippen molar-refractivity contribution in [2.24, 2.45) is 0 Å². The lowest BCUT2D eigenvalue weighted by molar-refractivity contribution is -0.139. The molecule has 110 valence electrons. The molecule has 0 saturated carbocycles. The lowest BCUT2D eigenvalue weighted by Gasteiger charge is -2.30. The van der Waals surface area contributed by atoms with Crippen molar-refractivity contribution in [3.63, 3.8) is 0 Å². The molecule has 0 heterocycles. The minimum absolute atomic E-state index is 0.189. The van der Waals surface area contributed by atoms with E-state index < -0.39 is 8.07 Å². The molecule has 0 N–H and O–H groups in total. The van der Waals surface area contributed by atoms with Gasteiger partial charge in [0.15, 0.2) is 0 Å². The van der Waals surface area contributed by atoms with Crippen LogP contribution in [0.2, 0.25) is 18.6 Å². The smallest absolute Gasteiger partial charge is 0.302 e. The van der Waals surface area contributed by atoms with Crippen LogP contribution >= 0.6 is 0 Å². The molecule has 0 aliphatic rings. The van der Waals surface area contributed by atoms with Crippen LogP contribution in [-0.2, 0) is 9.53 Å². The third-order valence-corrected chi connectivity index (χ3v) is 8.61. The summed E-state index contributed by atoms with van der Waals surface area (Å²) in [6.07, 6.45) is 5.57. The fraction of sp³-hybridized carbons (Fsp3) is 0.688. The van der Waals surface area contributed by atoms with Crippen LogP contribution in [0.5, 0.6) is 0 Å². The number of rotatable bonds is 9. The van der Waals surface area contributed by atoms with Crippen molar-refractivity contribution in [3.8, 4) is 0 Å². The summed E-state index contributed by atoms with van der Waals surface area (Å²) in [5.41, 5.74) is 1.16. The summed E-state index contributed by atoms with van der Waals surface area (Å²) in [6, 6.07) is 2.54. The van der Waals surface area contributed by atoms with Crippen LogP contribution < -0.4 is 0 Å². The number of carbonyl (C=O) groups is 1. The zero-order valence-corrected chi connectivity index (χ0v) is 14.3. The van der Waals surface area contributed by atoms with Gasteiger partial charge in [0.2, 0.25) is 0 Å². The topological polar surface area (TPSA) is 26.3 Å². The van der Waals surface area contributed by atoms with Gasteiger partial charge in [0.1, 0.15) is 6.61 Å². The van der Waals surface area contributed by atoms with Crippen LogP contribution in [0.1, 0.15) is 47.0 Å². The summed E-state index contributed by atoms with van der Waals surface area (Å²) in [5.74, 6) is -0.189. The van der Waals surface area contributed by atoms with E-state index in [1.54, 1.807) is 0 Å². The normalized spacial score (nSPS) is 12.4. The van der Waals surface area contributed by atoms with E-state index in [0.29, 0.717) is 6.61 Å². The number of allylic oxidation sites excluding steroid dienone is 2. The molecule has 0 aliphatic heterocycles. The van der Waals surface area contributed by atoms with Gasteiger partial charge in [-0.1, -0.05) is 63.6 Å². The molecule has 0 spiro atoms. The summed E-state index contributed by atoms with van der Waals surface area (Å²) in [7, 11) is -1.47.